The first-order valence-corrected chi connectivity index (χ1v) is 10.1. The number of urea groups is 1. The van der Waals surface area contributed by atoms with E-state index in [2.05, 4.69) is 10.6 Å². The van der Waals surface area contributed by atoms with E-state index in [-0.39, 0.29) is 64.9 Å². The van der Waals surface area contributed by atoms with Gasteiger partial charge in [0.15, 0.2) is 0 Å². The maximum Gasteiger partial charge on any atom is 1.00 e. The molecular weight excluding hydrogens is 475 g/mol. The summed E-state index contributed by atoms with van der Waals surface area (Å²) in [4.78, 5) is 35.9. The number of carboxylic acid groups (broad SMARTS) is 1. The second-order valence-electron chi connectivity index (χ2n) is 7.69. The number of halogens is 1. The van der Waals surface area contributed by atoms with Gasteiger partial charge in [-0.3, -0.25) is 4.79 Å². The Morgan fingerprint density at radius 2 is 1.83 bits per heavy atom. The third-order valence-corrected chi connectivity index (χ3v) is 5.20. The zero-order valence-corrected chi connectivity index (χ0v) is 24.1. The molecule has 1 aromatic heterocycles. The van der Waals surface area contributed by atoms with Gasteiger partial charge in [0.05, 0.1) is 6.04 Å². The zero-order chi connectivity index (χ0) is 24.1. The van der Waals surface area contributed by atoms with Gasteiger partial charge in [-0.25, -0.2) is 9.18 Å². The molecular formula is C24H22FN3Na2O5. The van der Waals surface area contributed by atoms with Gasteiger partial charge in [0, 0.05) is 25.6 Å². The van der Waals surface area contributed by atoms with Crippen molar-refractivity contribution in [3.8, 4) is 5.75 Å². The van der Waals surface area contributed by atoms with Crippen LogP contribution in [0.15, 0.2) is 59.5 Å². The van der Waals surface area contributed by atoms with Crippen molar-refractivity contribution in [1.82, 2.24) is 9.88 Å². The Kier molecular flexibility index (Phi) is 12.2. The summed E-state index contributed by atoms with van der Waals surface area (Å²) in [5.74, 6) is -2.42. The van der Waals surface area contributed by atoms with E-state index in [4.69, 9.17) is 0 Å². The number of carbonyl (C=O) groups is 2. The Hall–Kier alpha value is -2.14. The number of anilines is 1. The number of nitrogens with one attached hydrogen (secondary N) is 2. The summed E-state index contributed by atoms with van der Waals surface area (Å²) in [6.45, 7) is 1.86. The molecule has 2 amide bonds. The van der Waals surface area contributed by atoms with Gasteiger partial charge >= 0.3 is 65.1 Å². The number of benzene rings is 2. The molecule has 1 heterocycles. The molecule has 3 aromatic rings. The SMILES string of the molecule is Cc1ccc(F)cc1Cc1cccc(C(CC(=O)[O-])NC(=O)Nc2c([O-])ccn(C)c2=O)c1.[Na+].[Na+]. The third kappa shape index (κ3) is 8.49. The van der Waals surface area contributed by atoms with Crippen LogP contribution in [-0.4, -0.2) is 16.6 Å². The van der Waals surface area contributed by atoms with Crippen molar-refractivity contribution in [2.75, 3.05) is 5.32 Å². The minimum Gasteiger partial charge on any atom is -0.871 e. The Bertz CT molecular complexity index is 1270. The van der Waals surface area contributed by atoms with Gasteiger partial charge in [0.1, 0.15) is 11.5 Å². The molecule has 2 aromatic carbocycles. The van der Waals surface area contributed by atoms with Crippen LogP contribution in [0.3, 0.4) is 0 Å². The average molecular weight is 497 g/mol. The van der Waals surface area contributed by atoms with Crippen molar-refractivity contribution in [3.63, 3.8) is 0 Å². The molecule has 0 aliphatic rings. The number of amides is 2. The van der Waals surface area contributed by atoms with Crippen LogP contribution in [-0.2, 0) is 18.3 Å². The van der Waals surface area contributed by atoms with Gasteiger partial charge in [0.25, 0.3) is 5.56 Å². The Morgan fingerprint density at radius 1 is 1.11 bits per heavy atom. The van der Waals surface area contributed by atoms with Crippen molar-refractivity contribution >= 4 is 17.7 Å². The van der Waals surface area contributed by atoms with Crippen molar-refractivity contribution in [2.45, 2.75) is 25.8 Å². The fourth-order valence-corrected chi connectivity index (χ4v) is 3.42. The minimum absolute atomic E-state index is 0. The van der Waals surface area contributed by atoms with Crippen LogP contribution in [0.2, 0.25) is 0 Å². The molecule has 0 bridgehead atoms. The number of rotatable bonds is 7. The smallest absolute Gasteiger partial charge is 0.871 e. The number of nitrogens with zero attached hydrogens (tertiary/aromatic N) is 1. The fraction of sp³-hybridized carbons (Fsp3) is 0.208. The van der Waals surface area contributed by atoms with Gasteiger partial charge in [-0.1, -0.05) is 42.1 Å². The fourth-order valence-electron chi connectivity index (χ4n) is 3.42. The second-order valence-corrected chi connectivity index (χ2v) is 7.69. The largest absolute Gasteiger partial charge is 1.00 e. The molecule has 0 radical (unpaired) electrons. The van der Waals surface area contributed by atoms with E-state index in [1.54, 1.807) is 30.3 Å². The first kappa shape index (κ1) is 30.9. The predicted molar refractivity (Wildman–Crippen MR) is 116 cm³/mol. The first-order chi connectivity index (χ1) is 15.6. The predicted octanol–water partition coefficient (Wildman–Crippen LogP) is -4.49. The number of aryl methyl sites for hydroxylation is 2. The molecule has 8 nitrogen and oxygen atoms in total. The number of carbonyl (C=O) groups excluding carboxylic acids is 2. The standard InChI is InChI=1S/C24H24FN3O5.2Na/c1-14-6-7-18(25)12-17(14)11-15-4-3-5-16(10-15)19(13-21(30)31)26-24(33)27-22-20(29)8-9-28(2)23(22)32;;/h3-10,12,19,29H,11,13H2,1-2H3,(H,30,31)(H2,26,27,33);;/q;2*+1/p-2. The molecule has 172 valence electrons. The number of pyridine rings is 1. The molecule has 0 spiro atoms. The van der Waals surface area contributed by atoms with E-state index < -0.39 is 41.5 Å². The molecule has 35 heavy (non-hydrogen) atoms. The number of carboxylic acids is 1. The monoisotopic (exact) mass is 497 g/mol. The molecule has 0 fully saturated rings. The summed E-state index contributed by atoms with van der Waals surface area (Å²) >= 11 is 0. The van der Waals surface area contributed by atoms with E-state index >= 15 is 0 Å². The van der Waals surface area contributed by atoms with Crippen LogP contribution in [0.1, 0.15) is 34.7 Å². The second kappa shape index (κ2) is 13.8. The van der Waals surface area contributed by atoms with Crippen molar-refractivity contribution in [3.05, 3.63) is 93.2 Å². The number of hydrogen-bond acceptors (Lipinski definition) is 5. The molecule has 0 saturated heterocycles. The Morgan fingerprint density at radius 3 is 2.51 bits per heavy atom. The average Bonchev–Trinajstić information content (AvgIpc) is 2.76. The van der Waals surface area contributed by atoms with Crippen LogP contribution in [0.4, 0.5) is 14.9 Å². The molecule has 11 heteroatoms. The maximum atomic E-state index is 13.6. The van der Waals surface area contributed by atoms with E-state index in [0.29, 0.717) is 12.0 Å². The number of aromatic nitrogens is 1. The number of hydrogen-bond donors (Lipinski definition) is 2. The van der Waals surface area contributed by atoms with Crippen LogP contribution in [0.25, 0.3) is 0 Å². The molecule has 3 rings (SSSR count). The molecule has 0 aliphatic heterocycles. The van der Waals surface area contributed by atoms with E-state index in [1.807, 2.05) is 6.92 Å². The molecule has 0 saturated carbocycles. The van der Waals surface area contributed by atoms with Gasteiger partial charge < -0.3 is 30.2 Å². The minimum atomic E-state index is -1.40. The van der Waals surface area contributed by atoms with Gasteiger partial charge in [-0.05, 0) is 47.7 Å². The summed E-state index contributed by atoms with van der Waals surface area (Å²) in [6, 6.07) is 10.6. The molecule has 1 unspecified atom stereocenters. The zero-order valence-electron chi connectivity index (χ0n) is 20.1. The Labute approximate surface area is 246 Å². The summed E-state index contributed by atoms with van der Waals surface area (Å²) in [5, 5.41) is 27.9. The topological polar surface area (TPSA) is 126 Å². The summed E-state index contributed by atoms with van der Waals surface area (Å²) in [5.41, 5.74) is 1.80. The van der Waals surface area contributed by atoms with Crippen LogP contribution < -0.4 is 85.5 Å². The normalized spacial score (nSPS) is 10.9. The Balaban J connectivity index is 0.00000306. The molecule has 1 atom stereocenters. The third-order valence-electron chi connectivity index (χ3n) is 5.20. The maximum absolute atomic E-state index is 13.6. The van der Waals surface area contributed by atoms with Crippen molar-refractivity contribution < 1.29 is 83.3 Å². The van der Waals surface area contributed by atoms with E-state index in [9.17, 15) is 29.0 Å². The van der Waals surface area contributed by atoms with Crippen molar-refractivity contribution in [2.24, 2.45) is 7.05 Å². The summed E-state index contributed by atoms with van der Waals surface area (Å²) < 4.78 is 14.8. The molecule has 0 aliphatic carbocycles. The first-order valence-electron chi connectivity index (χ1n) is 10.1. The van der Waals surface area contributed by atoms with Gasteiger partial charge in [-0.15, -0.1) is 0 Å². The van der Waals surface area contributed by atoms with E-state index in [1.165, 1.54) is 25.4 Å². The van der Waals surface area contributed by atoms with Gasteiger partial charge in [-0.2, -0.15) is 0 Å². The van der Waals surface area contributed by atoms with Crippen LogP contribution >= 0.6 is 0 Å². The van der Waals surface area contributed by atoms with E-state index in [0.717, 1.165) is 27.3 Å². The quantitative estimate of drug-likeness (QED) is 0.319. The summed E-state index contributed by atoms with van der Waals surface area (Å²) in [6.07, 6.45) is 1.15. The molecule has 2 N–H and O–H groups in total. The van der Waals surface area contributed by atoms with Gasteiger partial charge in [0.2, 0.25) is 0 Å². The van der Waals surface area contributed by atoms with Crippen molar-refractivity contribution in [1.29, 1.82) is 0 Å². The van der Waals surface area contributed by atoms with Crippen LogP contribution in [0.5, 0.6) is 5.75 Å². The van der Waals surface area contributed by atoms with Crippen LogP contribution in [0, 0.1) is 12.7 Å². The number of aliphatic carboxylic acids is 1. The summed E-state index contributed by atoms with van der Waals surface area (Å²) in [7, 11) is 1.43.